The van der Waals surface area contributed by atoms with Crippen molar-refractivity contribution in [2.24, 2.45) is 5.92 Å². The van der Waals surface area contributed by atoms with Crippen LogP contribution in [0.15, 0.2) is 48.5 Å². The summed E-state index contributed by atoms with van der Waals surface area (Å²) in [5.74, 6) is 0.786. The number of ketones is 1. The molecule has 0 saturated carbocycles. The molecule has 2 aromatic carbocycles. The van der Waals surface area contributed by atoms with Crippen molar-refractivity contribution in [2.75, 3.05) is 0 Å². The number of carbonyl (C=O) groups is 1. The first-order valence-corrected chi connectivity index (χ1v) is 9.49. The fourth-order valence-electron chi connectivity index (χ4n) is 4.42. The summed E-state index contributed by atoms with van der Waals surface area (Å²) in [7, 11) is 0. The lowest BCUT2D eigenvalue weighted by Crippen LogP contribution is -2.57. The first-order chi connectivity index (χ1) is 12.6. The van der Waals surface area contributed by atoms with Gasteiger partial charge in [0.25, 0.3) is 0 Å². The summed E-state index contributed by atoms with van der Waals surface area (Å²) in [6.45, 7) is 8.78. The minimum Gasteiger partial charge on any atom is -0.454 e. The van der Waals surface area contributed by atoms with Gasteiger partial charge in [0.05, 0.1) is 0 Å². The van der Waals surface area contributed by atoms with E-state index in [2.05, 4.69) is 33.0 Å². The Hall–Kier alpha value is -2.20. The van der Waals surface area contributed by atoms with E-state index in [9.17, 15) is 9.18 Å². The highest BCUT2D eigenvalue weighted by molar-refractivity contribution is 5.96. The number of ether oxygens (including phenoxy) is 1. The average molecular weight is 369 g/mol. The standard InChI is InChI=1S/C23H28FNO2/c1-22(2)14-16(15-23(3,4)25-22)13-20(26)17-9-11-18(12-10-17)27-21-8-6-5-7-19(21)24/h5-12,16,25H,13-15H2,1-4H3. The average Bonchev–Trinajstić information content (AvgIpc) is 2.54. The lowest BCUT2D eigenvalue weighted by molar-refractivity contribution is 0.0864. The molecular formula is C23H28FNO2. The van der Waals surface area contributed by atoms with Crippen LogP contribution in [0.1, 0.15) is 57.3 Å². The van der Waals surface area contributed by atoms with Gasteiger partial charge < -0.3 is 10.1 Å². The number of hydrogen-bond donors (Lipinski definition) is 1. The zero-order chi connectivity index (χ0) is 19.7. The summed E-state index contributed by atoms with van der Waals surface area (Å²) in [5, 5.41) is 3.65. The zero-order valence-electron chi connectivity index (χ0n) is 16.5. The number of nitrogens with one attached hydrogen (secondary N) is 1. The van der Waals surface area contributed by atoms with Crippen LogP contribution < -0.4 is 10.1 Å². The molecule has 1 aliphatic rings. The predicted octanol–water partition coefficient (Wildman–Crippen LogP) is 5.75. The minimum atomic E-state index is -0.409. The van der Waals surface area contributed by atoms with Gasteiger partial charge in [0.2, 0.25) is 0 Å². The molecule has 0 aromatic heterocycles. The highest BCUT2D eigenvalue weighted by Gasteiger charge is 2.38. The molecule has 1 saturated heterocycles. The van der Waals surface area contributed by atoms with Crippen LogP contribution in [0.2, 0.25) is 0 Å². The van der Waals surface area contributed by atoms with Crippen molar-refractivity contribution in [1.82, 2.24) is 5.32 Å². The molecule has 1 fully saturated rings. The Morgan fingerprint density at radius 2 is 1.63 bits per heavy atom. The third kappa shape index (κ3) is 5.16. The molecule has 1 N–H and O–H groups in total. The van der Waals surface area contributed by atoms with Crippen molar-refractivity contribution < 1.29 is 13.9 Å². The number of hydrogen-bond acceptors (Lipinski definition) is 3. The van der Waals surface area contributed by atoms with Gasteiger partial charge >= 0.3 is 0 Å². The quantitative estimate of drug-likeness (QED) is 0.682. The van der Waals surface area contributed by atoms with Crippen LogP contribution in [0.25, 0.3) is 0 Å². The predicted molar refractivity (Wildman–Crippen MR) is 106 cm³/mol. The normalized spacial score (nSPS) is 18.9. The summed E-state index contributed by atoms with van der Waals surface area (Å²) in [5.41, 5.74) is 0.735. The van der Waals surface area contributed by atoms with Gasteiger partial charge in [-0.3, -0.25) is 4.79 Å². The largest absolute Gasteiger partial charge is 0.454 e. The molecule has 0 unspecified atom stereocenters. The Labute approximate surface area is 160 Å². The molecule has 0 atom stereocenters. The first kappa shape index (κ1) is 19.6. The van der Waals surface area contributed by atoms with Gasteiger partial charge in [0, 0.05) is 23.1 Å². The number of halogens is 1. The van der Waals surface area contributed by atoms with Crippen molar-refractivity contribution in [3.8, 4) is 11.5 Å². The van der Waals surface area contributed by atoms with Crippen LogP contribution in [0.4, 0.5) is 4.39 Å². The van der Waals surface area contributed by atoms with E-state index in [1.54, 1.807) is 42.5 Å². The number of para-hydroxylation sites is 1. The molecule has 0 aliphatic carbocycles. The monoisotopic (exact) mass is 369 g/mol. The number of piperidine rings is 1. The van der Waals surface area contributed by atoms with Gasteiger partial charge in [0.15, 0.2) is 17.3 Å². The van der Waals surface area contributed by atoms with Crippen molar-refractivity contribution in [3.05, 3.63) is 59.9 Å². The van der Waals surface area contributed by atoms with E-state index in [-0.39, 0.29) is 22.6 Å². The smallest absolute Gasteiger partial charge is 0.165 e. The maximum Gasteiger partial charge on any atom is 0.165 e. The highest BCUT2D eigenvalue weighted by atomic mass is 19.1. The Morgan fingerprint density at radius 3 is 2.22 bits per heavy atom. The number of benzene rings is 2. The summed E-state index contributed by atoms with van der Waals surface area (Å²) < 4.78 is 19.2. The molecular weight excluding hydrogens is 341 g/mol. The van der Waals surface area contributed by atoms with Gasteiger partial charge in [-0.2, -0.15) is 0 Å². The van der Waals surface area contributed by atoms with Crippen molar-refractivity contribution in [3.63, 3.8) is 0 Å². The van der Waals surface area contributed by atoms with Crippen molar-refractivity contribution >= 4 is 5.78 Å². The maximum absolute atomic E-state index is 13.7. The summed E-state index contributed by atoms with van der Waals surface area (Å²) >= 11 is 0. The molecule has 0 bridgehead atoms. The number of carbonyl (C=O) groups excluding carboxylic acids is 1. The second-order valence-corrected chi connectivity index (χ2v) is 8.85. The maximum atomic E-state index is 13.7. The lowest BCUT2D eigenvalue weighted by Gasteiger charge is -2.46. The molecule has 144 valence electrons. The van der Waals surface area contributed by atoms with E-state index >= 15 is 0 Å². The molecule has 3 nitrogen and oxygen atoms in total. The molecule has 0 amide bonds. The summed E-state index contributed by atoms with van der Waals surface area (Å²) in [4.78, 5) is 12.7. The van der Waals surface area contributed by atoms with Gasteiger partial charge in [-0.1, -0.05) is 12.1 Å². The Balaban J connectivity index is 1.65. The van der Waals surface area contributed by atoms with Crippen LogP contribution >= 0.6 is 0 Å². The van der Waals surface area contributed by atoms with E-state index in [0.29, 0.717) is 23.7 Å². The first-order valence-electron chi connectivity index (χ1n) is 9.49. The molecule has 27 heavy (non-hydrogen) atoms. The second-order valence-electron chi connectivity index (χ2n) is 8.85. The SMILES string of the molecule is CC1(C)CC(CC(=O)c2ccc(Oc3ccccc3F)cc2)CC(C)(C)N1. The van der Waals surface area contributed by atoms with Crippen LogP contribution in [-0.4, -0.2) is 16.9 Å². The van der Waals surface area contributed by atoms with E-state index < -0.39 is 5.82 Å². The highest BCUT2D eigenvalue weighted by Crippen LogP contribution is 2.35. The number of rotatable bonds is 5. The van der Waals surface area contributed by atoms with E-state index in [4.69, 9.17) is 4.74 Å². The Kier molecular flexibility index (Phi) is 5.38. The van der Waals surface area contributed by atoms with Crippen LogP contribution in [0.5, 0.6) is 11.5 Å². The van der Waals surface area contributed by atoms with Crippen molar-refractivity contribution in [1.29, 1.82) is 0 Å². The Morgan fingerprint density at radius 1 is 1.04 bits per heavy atom. The minimum absolute atomic E-state index is 0.0319. The van der Waals surface area contributed by atoms with Crippen molar-refractivity contribution in [2.45, 2.75) is 58.0 Å². The third-order valence-electron chi connectivity index (χ3n) is 4.99. The molecule has 3 rings (SSSR count). The van der Waals surface area contributed by atoms with E-state index in [1.165, 1.54) is 6.07 Å². The molecule has 4 heteroatoms. The Bertz CT molecular complexity index is 795. The second kappa shape index (κ2) is 7.43. The van der Waals surface area contributed by atoms with Crippen LogP contribution in [-0.2, 0) is 0 Å². The third-order valence-corrected chi connectivity index (χ3v) is 4.99. The van der Waals surface area contributed by atoms with Gasteiger partial charge in [-0.05, 0) is 82.9 Å². The van der Waals surface area contributed by atoms with E-state index in [1.807, 2.05) is 0 Å². The van der Waals surface area contributed by atoms with E-state index in [0.717, 1.165) is 12.8 Å². The fraction of sp³-hybridized carbons (Fsp3) is 0.435. The molecule has 1 heterocycles. The van der Waals surface area contributed by atoms with Gasteiger partial charge in [-0.15, -0.1) is 0 Å². The van der Waals surface area contributed by atoms with Gasteiger partial charge in [-0.25, -0.2) is 4.39 Å². The molecule has 1 aliphatic heterocycles. The molecule has 0 radical (unpaired) electrons. The summed E-state index contributed by atoms with van der Waals surface area (Å²) in [6, 6.07) is 13.2. The lowest BCUT2D eigenvalue weighted by atomic mass is 9.74. The van der Waals surface area contributed by atoms with Crippen LogP contribution in [0, 0.1) is 11.7 Å². The van der Waals surface area contributed by atoms with Gasteiger partial charge in [0.1, 0.15) is 5.75 Å². The van der Waals surface area contributed by atoms with Crippen LogP contribution in [0.3, 0.4) is 0 Å². The molecule has 2 aromatic rings. The summed E-state index contributed by atoms with van der Waals surface area (Å²) in [6.07, 6.45) is 2.51. The number of Topliss-reactive ketones (excluding diaryl/α,β-unsaturated/α-hetero) is 1. The topological polar surface area (TPSA) is 38.3 Å². The fourth-order valence-corrected chi connectivity index (χ4v) is 4.42. The zero-order valence-corrected chi connectivity index (χ0v) is 16.5. The molecule has 0 spiro atoms.